The summed E-state index contributed by atoms with van der Waals surface area (Å²) in [5, 5.41) is 0. The standard InChI is InChI=1S/C20H22O2/c21-20(18-14-8-3-9-15-18)22-19(16-10-4-1-5-11-16)17-12-6-2-7-13-17/h1,3-5,8-11,14-15,17,19H,2,6-7,12-13H2/t19-/m1/s1. The summed E-state index contributed by atoms with van der Waals surface area (Å²) < 4.78 is 5.92. The SMILES string of the molecule is O=C(O[C@H](c1ccccc1)C1CCCCC1)c1ccccc1. The molecule has 3 rings (SSSR count). The van der Waals surface area contributed by atoms with Crippen LogP contribution in [0, 0.1) is 5.92 Å². The van der Waals surface area contributed by atoms with Gasteiger partial charge >= 0.3 is 5.97 Å². The van der Waals surface area contributed by atoms with Gasteiger partial charge in [-0.15, -0.1) is 0 Å². The maximum absolute atomic E-state index is 12.4. The van der Waals surface area contributed by atoms with Gasteiger partial charge in [0.1, 0.15) is 6.10 Å². The van der Waals surface area contributed by atoms with Crippen molar-refractivity contribution in [1.29, 1.82) is 0 Å². The molecular formula is C20H22O2. The highest BCUT2D eigenvalue weighted by molar-refractivity contribution is 5.89. The van der Waals surface area contributed by atoms with Crippen LogP contribution in [-0.4, -0.2) is 5.97 Å². The van der Waals surface area contributed by atoms with Crippen LogP contribution >= 0.6 is 0 Å². The highest BCUT2D eigenvalue weighted by Gasteiger charge is 2.28. The van der Waals surface area contributed by atoms with Crippen LogP contribution in [0.5, 0.6) is 0 Å². The first kappa shape index (κ1) is 14.8. The average Bonchev–Trinajstić information content (AvgIpc) is 2.62. The quantitative estimate of drug-likeness (QED) is 0.728. The Hall–Kier alpha value is -2.09. The van der Waals surface area contributed by atoms with Gasteiger partial charge in [0.15, 0.2) is 0 Å². The summed E-state index contributed by atoms with van der Waals surface area (Å²) in [5.41, 5.74) is 1.73. The van der Waals surface area contributed by atoms with Crippen LogP contribution in [0.15, 0.2) is 60.7 Å². The van der Waals surface area contributed by atoms with E-state index in [1.165, 1.54) is 19.3 Å². The first-order valence-electron chi connectivity index (χ1n) is 8.15. The lowest BCUT2D eigenvalue weighted by molar-refractivity contribution is 0.00669. The molecule has 22 heavy (non-hydrogen) atoms. The lowest BCUT2D eigenvalue weighted by Gasteiger charge is -2.30. The zero-order valence-electron chi connectivity index (χ0n) is 12.8. The van der Waals surface area contributed by atoms with Gasteiger partial charge in [-0.2, -0.15) is 0 Å². The minimum atomic E-state index is -0.222. The Morgan fingerprint density at radius 1 is 0.864 bits per heavy atom. The number of carbonyl (C=O) groups excluding carboxylic acids is 1. The first-order chi connectivity index (χ1) is 10.8. The molecular weight excluding hydrogens is 272 g/mol. The van der Waals surface area contributed by atoms with E-state index >= 15 is 0 Å². The molecule has 1 fully saturated rings. The Labute approximate surface area is 132 Å². The Kier molecular flexibility index (Phi) is 4.89. The number of benzene rings is 2. The predicted octanol–water partition coefficient (Wildman–Crippen LogP) is 5.17. The van der Waals surface area contributed by atoms with Crippen molar-refractivity contribution < 1.29 is 9.53 Å². The molecule has 0 amide bonds. The number of carbonyl (C=O) groups is 1. The predicted molar refractivity (Wildman–Crippen MR) is 87.6 cm³/mol. The molecule has 0 bridgehead atoms. The second-order valence-corrected chi connectivity index (χ2v) is 6.00. The van der Waals surface area contributed by atoms with E-state index in [0.717, 1.165) is 18.4 Å². The molecule has 0 radical (unpaired) electrons. The number of rotatable bonds is 4. The maximum atomic E-state index is 12.4. The van der Waals surface area contributed by atoms with Gasteiger partial charge in [0, 0.05) is 5.92 Å². The Balaban J connectivity index is 1.81. The van der Waals surface area contributed by atoms with Crippen molar-refractivity contribution in [3.63, 3.8) is 0 Å². The molecule has 0 spiro atoms. The fourth-order valence-electron chi connectivity index (χ4n) is 3.27. The number of ether oxygens (including phenoxy) is 1. The molecule has 0 heterocycles. The molecule has 1 atom stereocenters. The van der Waals surface area contributed by atoms with Gasteiger partial charge < -0.3 is 4.74 Å². The fourth-order valence-corrected chi connectivity index (χ4v) is 3.27. The number of hydrogen-bond donors (Lipinski definition) is 0. The molecule has 2 aromatic rings. The van der Waals surface area contributed by atoms with Crippen LogP contribution in [0.3, 0.4) is 0 Å². The summed E-state index contributed by atoms with van der Waals surface area (Å²) in [6, 6.07) is 19.4. The second kappa shape index (κ2) is 7.26. The highest BCUT2D eigenvalue weighted by Crippen LogP contribution is 2.37. The van der Waals surface area contributed by atoms with Gasteiger partial charge in [-0.3, -0.25) is 0 Å². The summed E-state index contributed by atoms with van der Waals surface area (Å²) >= 11 is 0. The zero-order valence-corrected chi connectivity index (χ0v) is 12.8. The van der Waals surface area contributed by atoms with Crippen molar-refractivity contribution in [2.24, 2.45) is 5.92 Å². The van der Waals surface area contributed by atoms with E-state index in [4.69, 9.17) is 4.74 Å². The molecule has 0 unspecified atom stereocenters. The van der Waals surface area contributed by atoms with Crippen LogP contribution in [-0.2, 0) is 4.74 Å². The third-order valence-electron chi connectivity index (χ3n) is 4.45. The van der Waals surface area contributed by atoms with E-state index < -0.39 is 0 Å². The van der Waals surface area contributed by atoms with Crippen molar-refractivity contribution in [2.45, 2.75) is 38.2 Å². The van der Waals surface area contributed by atoms with Crippen molar-refractivity contribution in [3.8, 4) is 0 Å². The Bertz CT molecular complexity index is 586. The molecule has 2 heteroatoms. The van der Waals surface area contributed by atoms with Crippen LogP contribution < -0.4 is 0 Å². The van der Waals surface area contributed by atoms with Crippen LogP contribution in [0.1, 0.15) is 54.1 Å². The smallest absolute Gasteiger partial charge is 0.338 e. The minimum absolute atomic E-state index is 0.130. The van der Waals surface area contributed by atoms with Gasteiger partial charge in [-0.1, -0.05) is 67.8 Å². The van der Waals surface area contributed by atoms with E-state index in [0.29, 0.717) is 11.5 Å². The molecule has 1 aliphatic rings. The Morgan fingerprint density at radius 3 is 2.09 bits per heavy atom. The lowest BCUT2D eigenvalue weighted by atomic mass is 9.82. The molecule has 0 aliphatic heterocycles. The van der Waals surface area contributed by atoms with Gasteiger partial charge in [0.25, 0.3) is 0 Å². The summed E-state index contributed by atoms with van der Waals surface area (Å²) in [4.78, 5) is 12.4. The molecule has 114 valence electrons. The van der Waals surface area contributed by atoms with E-state index in [9.17, 15) is 4.79 Å². The summed E-state index contributed by atoms with van der Waals surface area (Å²) in [7, 11) is 0. The third-order valence-corrected chi connectivity index (χ3v) is 4.45. The maximum Gasteiger partial charge on any atom is 0.338 e. The van der Waals surface area contributed by atoms with Gasteiger partial charge in [-0.05, 0) is 30.5 Å². The normalized spacial score (nSPS) is 16.9. The highest BCUT2D eigenvalue weighted by atomic mass is 16.5. The van der Waals surface area contributed by atoms with E-state index in [-0.39, 0.29) is 12.1 Å². The summed E-state index contributed by atoms with van der Waals surface area (Å²) in [6.45, 7) is 0. The Morgan fingerprint density at radius 2 is 1.45 bits per heavy atom. The van der Waals surface area contributed by atoms with Crippen molar-refractivity contribution >= 4 is 5.97 Å². The zero-order chi connectivity index (χ0) is 15.2. The van der Waals surface area contributed by atoms with Crippen LogP contribution in [0.2, 0.25) is 0 Å². The van der Waals surface area contributed by atoms with Gasteiger partial charge in [0.2, 0.25) is 0 Å². The van der Waals surface area contributed by atoms with Gasteiger partial charge in [0.05, 0.1) is 5.56 Å². The number of esters is 1. The van der Waals surface area contributed by atoms with Gasteiger partial charge in [-0.25, -0.2) is 4.79 Å². The first-order valence-corrected chi connectivity index (χ1v) is 8.15. The van der Waals surface area contributed by atoms with Crippen molar-refractivity contribution in [3.05, 3.63) is 71.8 Å². The molecule has 1 aliphatic carbocycles. The van der Waals surface area contributed by atoms with Crippen molar-refractivity contribution in [2.75, 3.05) is 0 Å². The van der Waals surface area contributed by atoms with Crippen LogP contribution in [0.4, 0.5) is 0 Å². The summed E-state index contributed by atoms with van der Waals surface area (Å²) in [6.07, 6.45) is 5.91. The molecule has 0 N–H and O–H groups in total. The van der Waals surface area contributed by atoms with Crippen LogP contribution in [0.25, 0.3) is 0 Å². The monoisotopic (exact) mass is 294 g/mol. The van der Waals surface area contributed by atoms with E-state index in [1.807, 2.05) is 48.5 Å². The molecule has 1 saturated carbocycles. The minimum Gasteiger partial charge on any atom is -0.454 e. The largest absolute Gasteiger partial charge is 0.454 e. The van der Waals surface area contributed by atoms with E-state index in [2.05, 4.69) is 12.1 Å². The molecule has 0 aromatic heterocycles. The third kappa shape index (κ3) is 3.56. The molecule has 0 saturated heterocycles. The second-order valence-electron chi connectivity index (χ2n) is 6.00. The fraction of sp³-hybridized carbons (Fsp3) is 0.350. The van der Waals surface area contributed by atoms with Crippen molar-refractivity contribution in [1.82, 2.24) is 0 Å². The average molecular weight is 294 g/mol. The molecule has 2 aromatic carbocycles. The topological polar surface area (TPSA) is 26.3 Å². The molecule has 2 nitrogen and oxygen atoms in total. The van der Waals surface area contributed by atoms with E-state index in [1.54, 1.807) is 0 Å². The number of hydrogen-bond acceptors (Lipinski definition) is 2. The lowest BCUT2D eigenvalue weighted by Crippen LogP contribution is -2.22. The summed E-state index contributed by atoms with van der Waals surface area (Å²) in [5.74, 6) is 0.212.